The number of nitrogens with two attached hydrogens (primary N) is 1. The number of hydrogen-bond acceptors (Lipinski definition) is 21. The summed E-state index contributed by atoms with van der Waals surface area (Å²) in [5.74, 6) is -1.12. The van der Waals surface area contributed by atoms with Crippen LogP contribution in [0.15, 0.2) is 12.7 Å². The Balaban J connectivity index is 0.0000116. The normalized spacial score (nSPS) is 21.2. The lowest BCUT2D eigenvalue weighted by Crippen LogP contribution is -2.46. The molecule has 1 aliphatic rings. The smallest absolute Gasteiger partial charge is 0.274 e. The number of phosphoric acid groups is 3. The predicted molar refractivity (Wildman–Crippen MR) is 212 cm³/mol. The Morgan fingerprint density at radius 1 is 1.00 bits per heavy atom. The lowest BCUT2D eigenvalue weighted by molar-refractivity contribution is -0.247. The average molecular weight is 945 g/mol. The average Bonchev–Trinajstić information content (AvgIpc) is 3.68. The number of aromatic nitrogens is 4. The van der Waals surface area contributed by atoms with Gasteiger partial charge in [0.1, 0.15) is 36.3 Å². The number of fused-ring (bicyclic) bond motifs is 1. The van der Waals surface area contributed by atoms with Crippen LogP contribution in [0.2, 0.25) is 0 Å². The molecule has 0 bridgehead atoms. The number of carbonyl (C=O) groups is 3. The minimum atomic E-state index is -5.89. The zero-order chi connectivity index (χ0) is 42.6. The van der Waals surface area contributed by atoms with E-state index in [1.165, 1.54) is 13.8 Å². The molecular weight excluding hydrogens is 885 g/mol. The van der Waals surface area contributed by atoms with Crippen molar-refractivity contribution in [2.45, 2.75) is 96.4 Å². The molecule has 348 valence electrons. The maximum absolute atomic E-state index is 12.5. The second kappa shape index (κ2) is 25.5. The quantitative estimate of drug-likeness (QED) is 0.0476. The molecule has 8 atom stereocenters. The van der Waals surface area contributed by atoms with Crippen molar-refractivity contribution in [3.05, 3.63) is 12.7 Å². The fourth-order valence-corrected chi connectivity index (χ4v) is 8.69. The van der Waals surface area contributed by atoms with Gasteiger partial charge in [0.05, 0.1) is 19.5 Å². The molecular formula is C29H59N10O17P3S. The van der Waals surface area contributed by atoms with E-state index >= 15 is 0 Å². The molecule has 0 aromatic carbocycles. The summed E-state index contributed by atoms with van der Waals surface area (Å²) < 4.78 is 60.9. The molecule has 27 nitrogen and oxygen atoms in total. The van der Waals surface area contributed by atoms with Crippen molar-refractivity contribution in [1.82, 2.24) is 48.6 Å². The second-order valence-corrected chi connectivity index (χ2v) is 18.6. The Morgan fingerprint density at radius 3 is 2.30 bits per heavy atom. The Kier molecular flexibility index (Phi) is 24.4. The van der Waals surface area contributed by atoms with Gasteiger partial charge in [-0.1, -0.05) is 58.2 Å². The predicted octanol–water partition coefficient (Wildman–Crippen LogP) is 0.258. The van der Waals surface area contributed by atoms with Gasteiger partial charge in [0, 0.05) is 37.1 Å². The Hall–Kier alpha value is -2.56. The molecule has 19 N–H and O–H groups in total. The summed E-state index contributed by atoms with van der Waals surface area (Å²) in [6, 6.07) is 0. The first kappa shape index (κ1) is 57.4. The molecule has 0 spiro atoms. The number of nitrogen functional groups attached to an aromatic ring is 1. The Labute approximate surface area is 349 Å². The first-order valence-corrected chi connectivity index (χ1v) is 23.0. The van der Waals surface area contributed by atoms with Crippen LogP contribution in [0.1, 0.15) is 71.9 Å². The van der Waals surface area contributed by atoms with E-state index in [0.717, 1.165) is 61.1 Å². The molecule has 2 amide bonds. The molecule has 2 aromatic rings. The highest BCUT2D eigenvalue weighted by Gasteiger charge is 2.48. The van der Waals surface area contributed by atoms with Crippen molar-refractivity contribution in [1.29, 1.82) is 0 Å². The molecule has 3 heterocycles. The van der Waals surface area contributed by atoms with Crippen molar-refractivity contribution in [2.75, 3.05) is 37.8 Å². The number of ether oxygens (including phenoxy) is 1. The van der Waals surface area contributed by atoms with E-state index in [2.05, 4.69) is 50.4 Å². The summed E-state index contributed by atoms with van der Waals surface area (Å²) in [6.45, 7) is 2.32. The van der Waals surface area contributed by atoms with Crippen LogP contribution < -0.4 is 49.5 Å². The fraction of sp³-hybridized carbons (Fsp3) is 0.724. The summed E-state index contributed by atoms with van der Waals surface area (Å²) in [7, 11) is -17.3. The number of anilines is 1. The van der Waals surface area contributed by atoms with Crippen LogP contribution in [0.3, 0.4) is 0 Å². The number of amides is 2. The van der Waals surface area contributed by atoms with Crippen molar-refractivity contribution in [3.63, 3.8) is 0 Å². The maximum Gasteiger partial charge on any atom is 0.274 e. The molecule has 2 aromatic heterocycles. The van der Waals surface area contributed by atoms with Crippen LogP contribution in [-0.4, -0.2) is 108 Å². The summed E-state index contributed by atoms with van der Waals surface area (Å²) in [6.07, 6.45) is -1.73. The number of quaternary nitrogens is 3. The number of hydrogen-bond donors (Lipinski definition) is 9. The first-order chi connectivity index (χ1) is 26.6. The van der Waals surface area contributed by atoms with Gasteiger partial charge in [-0.3, -0.25) is 32.6 Å². The largest absolute Gasteiger partial charge is 0.756 e. The first-order valence-electron chi connectivity index (χ1n) is 17.5. The third kappa shape index (κ3) is 18.4. The lowest BCUT2D eigenvalue weighted by atomic mass is 9.87. The van der Waals surface area contributed by atoms with E-state index < -0.39 is 84.6 Å². The zero-order valence-electron chi connectivity index (χ0n) is 34.2. The van der Waals surface area contributed by atoms with E-state index in [1.54, 1.807) is 0 Å². The van der Waals surface area contributed by atoms with Crippen molar-refractivity contribution in [3.8, 4) is 0 Å². The summed E-state index contributed by atoms with van der Waals surface area (Å²) in [4.78, 5) is 94.1. The molecule has 3 unspecified atom stereocenters. The molecule has 31 heteroatoms. The van der Waals surface area contributed by atoms with Gasteiger partial charge in [-0.2, -0.15) is 0 Å². The van der Waals surface area contributed by atoms with Gasteiger partial charge in [0.25, 0.3) is 23.5 Å². The highest BCUT2D eigenvalue weighted by atomic mass is 32.2. The van der Waals surface area contributed by atoms with Crippen LogP contribution >= 0.6 is 35.2 Å². The highest BCUT2D eigenvalue weighted by Crippen LogP contribution is 2.56. The topological polar surface area (TPSA) is 482 Å². The van der Waals surface area contributed by atoms with Crippen molar-refractivity contribution >= 4 is 69.1 Å². The number of thioether (sulfide) groups is 1. The van der Waals surface area contributed by atoms with Crippen LogP contribution in [0, 0.1) is 5.41 Å². The van der Waals surface area contributed by atoms with E-state index in [-0.39, 0.29) is 60.1 Å². The number of imidazole rings is 1. The van der Waals surface area contributed by atoms with Gasteiger partial charge in [0.2, 0.25) is 11.8 Å². The van der Waals surface area contributed by atoms with Crippen LogP contribution in [-0.2, 0) is 50.7 Å². The van der Waals surface area contributed by atoms with E-state index in [9.17, 15) is 57.9 Å². The standard InChI is InChI=1S/C29H50N7O17P3S.3H3N/c1-4-5-6-7-8-9-20(38)57-13-12-31-19(37)10-11-32-27(41)24(40)29(2,3)15-50-56(47,48)53-55(45,46)49-14-18-23(52-54(42,43)44)22(39)28(51-18)36-17-35-21-25(30)33-16-34-26(21)36;;;/h16-18,22-24,28,39-40H,4-15H2,1-3H3,(H,31,37)(H,32,41)(H,45,46)(H,47,48)(H2,30,33,34)(H2,42,43,44);3*1H3/t18-,22-,23-,24+,28-;;;/m1.../s1. The van der Waals surface area contributed by atoms with Crippen molar-refractivity contribution < 1.29 is 80.5 Å². The number of aliphatic hydroxyl groups excluding tert-OH is 2. The Bertz CT molecular complexity index is 1830. The number of nitrogens with zero attached hydrogens (tertiary/aromatic N) is 4. The monoisotopic (exact) mass is 944 g/mol. The number of unbranched alkanes of at least 4 members (excludes halogenated alkanes) is 4. The van der Waals surface area contributed by atoms with Gasteiger partial charge in [0.15, 0.2) is 22.8 Å². The summed E-state index contributed by atoms with van der Waals surface area (Å²) in [5.41, 5.74) is 4.12. The van der Waals surface area contributed by atoms with Crippen molar-refractivity contribution in [2.24, 2.45) is 5.41 Å². The van der Waals surface area contributed by atoms with Gasteiger partial charge >= 0.3 is 0 Å². The summed E-state index contributed by atoms with van der Waals surface area (Å²) in [5, 5.41) is 26.3. The Morgan fingerprint density at radius 2 is 1.65 bits per heavy atom. The number of phosphoric ester groups is 3. The molecule has 60 heavy (non-hydrogen) atoms. The number of nitrogens with one attached hydrogen (secondary N) is 2. The molecule has 1 fully saturated rings. The minimum absolute atomic E-state index is 0. The number of aliphatic hydroxyl groups is 2. The SMILES string of the molecule is CCCCCCCC(=O)SCCNC(=O)CCNC(=O)[C@H](O)C(C)(C)COP(=O)([O-])OP(=O)([O-])OC[C@H]1O[C@@H](n2cnc3c(N)ncnc32)[C@H](O)[C@@H]1OP(=O)([O-])O.[NH4+].[NH4+].[NH4+]. The third-order valence-corrected chi connectivity index (χ3v) is 12.2. The van der Waals surface area contributed by atoms with Gasteiger partial charge < -0.3 is 82.9 Å². The molecule has 1 aliphatic heterocycles. The van der Waals surface area contributed by atoms with Gasteiger partial charge in [-0.05, 0) is 6.42 Å². The van der Waals surface area contributed by atoms with Crippen LogP contribution in [0.4, 0.5) is 5.82 Å². The second-order valence-electron chi connectivity index (χ2n) is 13.4. The van der Waals surface area contributed by atoms with Crippen LogP contribution in [0.25, 0.3) is 11.2 Å². The zero-order valence-corrected chi connectivity index (χ0v) is 37.7. The van der Waals surface area contributed by atoms with E-state index in [1.807, 2.05) is 0 Å². The molecule has 3 rings (SSSR count). The lowest BCUT2D eigenvalue weighted by Gasteiger charge is -2.35. The number of rotatable bonds is 25. The van der Waals surface area contributed by atoms with E-state index in [4.69, 9.17) is 10.5 Å². The highest BCUT2D eigenvalue weighted by molar-refractivity contribution is 8.13. The van der Waals surface area contributed by atoms with Crippen LogP contribution in [0.5, 0.6) is 0 Å². The van der Waals surface area contributed by atoms with Gasteiger partial charge in [-0.25, -0.2) is 19.3 Å². The fourth-order valence-electron chi connectivity index (χ4n) is 5.22. The molecule has 0 radical (unpaired) electrons. The van der Waals surface area contributed by atoms with E-state index in [0.29, 0.717) is 12.2 Å². The maximum atomic E-state index is 12.5. The number of carbonyl (C=O) groups excluding carboxylic acids is 3. The molecule has 0 aliphatic carbocycles. The minimum Gasteiger partial charge on any atom is -0.756 e. The molecule has 0 saturated carbocycles. The molecule has 1 saturated heterocycles. The van der Waals surface area contributed by atoms with Gasteiger partial charge in [-0.15, -0.1) is 0 Å². The summed E-state index contributed by atoms with van der Waals surface area (Å²) >= 11 is 1.12. The third-order valence-electron chi connectivity index (χ3n) is 8.23.